The van der Waals surface area contributed by atoms with Crippen molar-refractivity contribution in [2.24, 2.45) is 0 Å². The third-order valence-corrected chi connectivity index (χ3v) is 5.27. The minimum absolute atomic E-state index is 0.110. The van der Waals surface area contributed by atoms with Crippen LogP contribution in [0.2, 0.25) is 0 Å². The van der Waals surface area contributed by atoms with Crippen molar-refractivity contribution in [1.82, 2.24) is 14.7 Å². The predicted molar refractivity (Wildman–Crippen MR) is 114 cm³/mol. The standard InChI is InChI=1S/C24H19F4N3O3/c1-13-22(24(33)30-20(11-32)14-7-8-18(27)19(28)10-14)31-9-3-6-21(23(31)29-13)34-12-15-16(25)4-2-5-17(15)26/h2-10,20,32H,11-12H2,1H3,(H,30,33). The van der Waals surface area contributed by atoms with Crippen molar-refractivity contribution in [2.45, 2.75) is 19.6 Å². The predicted octanol–water partition coefficient (Wildman–Crippen LogP) is 4.24. The Kier molecular flexibility index (Phi) is 6.51. The van der Waals surface area contributed by atoms with E-state index in [1.54, 1.807) is 25.3 Å². The fourth-order valence-electron chi connectivity index (χ4n) is 3.55. The van der Waals surface area contributed by atoms with Gasteiger partial charge in [-0.15, -0.1) is 0 Å². The Hall–Kier alpha value is -3.92. The van der Waals surface area contributed by atoms with E-state index < -0.39 is 48.4 Å². The number of halogens is 4. The van der Waals surface area contributed by atoms with Crippen LogP contribution in [0.1, 0.15) is 33.4 Å². The molecule has 0 fully saturated rings. The number of pyridine rings is 1. The lowest BCUT2D eigenvalue weighted by molar-refractivity contribution is 0.0909. The SMILES string of the molecule is Cc1nc2c(OCc3c(F)cccc3F)cccn2c1C(=O)NC(CO)c1ccc(F)c(F)c1. The smallest absolute Gasteiger partial charge is 0.270 e. The van der Waals surface area contributed by atoms with E-state index in [-0.39, 0.29) is 28.2 Å². The molecule has 2 N–H and O–H groups in total. The van der Waals surface area contributed by atoms with E-state index in [0.29, 0.717) is 5.69 Å². The van der Waals surface area contributed by atoms with E-state index in [1.165, 1.54) is 16.5 Å². The maximum Gasteiger partial charge on any atom is 0.270 e. The Morgan fingerprint density at radius 1 is 1.06 bits per heavy atom. The van der Waals surface area contributed by atoms with Crippen LogP contribution in [0.25, 0.3) is 5.65 Å². The second-order valence-corrected chi connectivity index (χ2v) is 7.48. The maximum atomic E-state index is 13.9. The van der Waals surface area contributed by atoms with Crippen LogP contribution in [0.5, 0.6) is 5.75 Å². The first-order chi connectivity index (χ1) is 16.3. The number of carbonyl (C=O) groups is 1. The van der Waals surface area contributed by atoms with Gasteiger partial charge in [-0.25, -0.2) is 22.5 Å². The summed E-state index contributed by atoms with van der Waals surface area (Å²) in [4.78, 5) is 17.4. The number of hydrogen-bond donors (Lipinski definition) is 2. The van der Waals surface area contributed by atoms with E-state index in [1.807, 2.05) is 0 Å². The number of carbonyl (C=O) groups excluding carboxylic acids is 1. The van der Waals surface area contributed by atoms with Gasteiger partial charge in [-0.1, -0.05) is 12.1 Å². The molecular formula is C24H19F4N3O3. The Morgan fingerprint density at radius 3 is 2.47 bits per heavy atom. The zero-order valence-electron chi connectivity index (χ0n) is 17.9. The second-order valence-electron chi connectivity index (χ2n) is 7.48. The Balaban J connectivity index is 1.61. The summed E-state index contributed by atoms with van der Waals surface area (Å²) < 4.78 is 61.7. The molecule has 2 aromatic carbocycles. The van der Waals surface area contributed by atoms with Crippen molar-refractivity contribution in [2.75, 3.05) is 6.61 Å². The molecule has 1 unspecified atom stereocenters. The van der Waals surface area contributed by atoms with Gasteiger partial charge in [-0.2, -0.15) is 0 Å². The number of aromatic nitrogens is 2. The highest BCUT2D eigenvalue weighted by Gasteiger charge is 2.23. The molecule has 0 saturated carbocycles. The third kappa shape index (κ3) is 4.44. The second kappa shape index (κ2) is 9.52. The van der Waals surface area contributed by atoms with E-state index in [2.05, 4.69) is 10.3 Å². The molecule has 4 aromatic rings. The van der Waals surface area contributed by atoms with Gasteiger partial charge in [0.1, 0.15) is 23.9 Å². The Labute approximate surface area is 191 Å². The molecule has 0 radical (unpaired) electrons. The van der Waals surface area contributed by atoms with Gasteiger partial charge in [-0.05, 0) is 48.9 Å². The molecule has 0 saturated heterocycles. The van der Waals surface area contributed by atoms with Crippen LogP contribution in [0.4, 0.5) is 17.6 Å². The molecule has 2 aromatic heterocycles. The minimum Gasteiger partial charge on any atom is -0.485 e. The first kappa shape index (κ1) is 23.2. The third-order valence-electron chi connectivity index (χ3n) is 5.27. The van der Waals surface area contributed by atoms with Crippen molar-refractivity contribution >= 4 is 11.6 Å². The summed E-state index contributed by atoms with van der Waals surface area (Å²) in [5.74, 6) is -4.10. The number of benzene rings is 2. The first-order valence-electron chi connectivity index (χ1n) is 10.2. The molecule has 0 spiro atoms. The molecule has 0 aliphatic heterocycles. The quantitative estimate of drug-likeness (QED) is 0.394. The minimum atomic E-state index is -1.11. The van der Waals surface area contributed by atoms with Gasteiger partial charge in [0.05, 0.1) is 23.9 Å². The summed E-state index contributed by atoms with van der Waals surface area (Å²) in [5.41, 5.74) is 0.585. The molecular weight excluding hydrogens is 454 g/mol. The normalized spacial score (nSPS) is 12.1. The van der Waals surface area contributed by atoms with Gasteiger partial charge in [0, 0.05) is 6.20 Å². The highest BCUT2D eigenvalue weighted by atomic mass is 19.2. The van der Waals surface area contributed by atoms with Gasteiger partial charge in [0.2, 0.25) is 0 Å². The monoisotopic (exact) mass is 473 g/mol. The number of nitrogens with one attached hydrogen (secondary N) is 1. The van der Waals surface area contributed by atoms with Crippen molar-refractivity contribution in [3.8, 4) is 5.75 Å². The highest BCUT2D eigenvalue weighted by Crippen LogP contribution is 2.25. The fourth-order valence-corrected chi connectivity index (χ4v) is 3.55. The molecule has 0 aliphatic carbocycles. The average Bonchev–Trinajstić information content (AvgIpc) is 3.15. The van der Waals surface area contributed by atoms with Crippen LogP contribution < -0.4 is 10.1 Å². The molecule has 1 amide bonds. The van der Waals surface area contributed by atoms with E-state index >= 15 is 0 Å². The number of fused-ring (bicyclic) bond motifs is 1. The molecule has 1 atom stereocenters. The van der Waals surface area contributed by atoms with Crippen molar-refractivity contribution in [1.29, 1.82) is 0 Å². The largest absolute Gasteiger partial charge is 0.485 e. The van der Waals surface area contributed by atoms with Crippen molar-refractivity contribution < 1.29 is 32.2 Å². The molecule has 34 heavy (non-hydrogen) atoms. The lowest BCUT2D eigenvalue weighted by atomic mass is 10.1. The number of aryl methyl sites for hydroxylation is 1. The van der Waals surface area contributed by atoms with Gasteiger partial charge in [-0.3, -0.25) is 9.20 Å². The Bertz CT molecular complexity index is 1350. The van der Waals surface area contributed by atoms with Gasteiger partial charge < -0.3 is 15.2 Å². The highest BCUT2D eigenvalue weighted by molar-refractivity contribution is 5.95. The number of hydrogen-bond acceptors (Lipinski definition) is 4. The number of rotatable bonds is 7. The topological polar surface area (TPSA) is 75.9 Å². The van der Waals surface area contributed by atoms with Crippen molar-refractivity contribution in [3.63, 3.8) is 0 Å². The van der Waals surface area contributed by atoms with Crippen LogP contribution in [0.3, 0.4) is 0 Å². The number of imidazole rings is 1. The lowest BCUT2D eigenvalue weighted by Crippen LogP contribution is -2.32. The fraction of sp³-hybridized carbons (Fsp3) is 0.167. The molecule has 0 bridgehead atoms. The molecule has 6 nitrogen and oxygen atoms in total. The summed E-state index contributed by atoms with van der Waals surface area (Å²) >= 11 is 0. The number of aliphatic hydroxyl groups excluding tert-OH is 1. The van der Waals surface area contributed by atoms with Gasteiger partial charge in [0.25, 0.3) is 5.91 Å². The molecule has 0 aliphatic rings. The number of amides is 1. The summed E-state index contributed by atoms with van der Waals surface area (Å²) in [6, 6.07) is 8.65. The number of aliphatic hydroxyl groups is 1. The van der Waals surface area contributed by atoms with Crippen LogP contribution in [-0.2, 0) is 6.61 Å². The summed E-state index contributed by atoms with van der Waals surface area (Å²) in [7, 11) is 0. The van der Waals surface area contributed by atoms with E-state index in [0.717, 1.165) is 24.3 Å². The zero-order chi connectivity index (χ0) is 24.4. The molecule has 176 valence electrons. The van der Waals surface area contributed by atoms with E-state index in [9.17, 15) is 27.5 Å². The van der Waals surface area contributed by atoms with Crippen LogP contribution in [0.15, 0.2) is 54.7 Å². The molecule has 10 heteroatoms. The summed E-state index contributed by atoms with van der Waals surface area (Å²) in [5, 5.41) is 12.3. The molecule has 4 rings (SSSR count). The van der Waals surface area contributed by atoms with Gasteiger partial charge in [0.15, 0.2) is 23.0 Å². The lowest BCUT2D eigenvalue weighted by Gasteiger charge is -2.17. The zero-order valence-corrected chi connectivity index (χ0v) is 17.9. The van der Waals surface area contributed by atoms with Gasteiger partial charge >= 0.3 is 0 Å². The van der Waals surface area contributed by atoms with Crippen LogP contribution in [0, 0.1) is 30.2 Å². The van der Waals surface area contributed by atoms with Crippen LogP contribution in [-0.4, -0.2) is 27.0 Å². The van der Waals surface area contributed by atoms with Crippen LogP contribution >= 0.6 is 0 Å². The summed E-state index contributed by atoms with van der Waals surface area (Å²) in [6.45, 7) is 0.622. The number of ether oxygens (including phenoxy) is 1. The number of nitrogens with zero attached hydrogens (tertiary/aromatic N) is 2. The van der Waals surface area contributed by atoms with E-state index in [4.69, 9.17) is 4.74 Å². The first-order valence-corrected chi connectivity index (χ1v) is 10.2. The molecule has 2 heterocycles. The maximum absolute atomic E-state index is 13.9. The average molecular weight is 473 g/mol. The Morgan fingerprint density at radius 2 is 1.79 bits per heavy atom. The summed E-state index contributed by atoms with van der Waals surface area (Å²) in [6.07, 6.45) is 1.55. The van der Waals surface area contributed by atoms with Crippen molar-refractivity contribution in [3.05, 3.63) is 101 Å².